The van der Waals surface area contributed by atoms with Gasteiger partial charge in [-0.25, -0.2) is 4.79 Å². The molecular weight excluding hydrogens is 380 g/mol. The second-order valence-electron chi connectivity index (χ2n) is 7.77. The summed E-state index contributed by atoms with van der Waals surface area (Å²) in [7, 11) is 0. The van der Waals surface area contributed by atoms with Gasteiger partial charge in [0.2, 0.25) is 11.8 Å². The minimum absolute atomic E-state index is 0.207. The van der Waals surface area contributed by atoms with Crippen LogP contribution in [0.3, 0.4) is 0 Å². The first-order valence-corrected chi connectivity index (χ1v) is 10.1. The molecule has 0 saturated carbocycles. The van der Waals surface area contributed by atoms with Gasteiger partial charge < -0.3 is 21.3 Å². The second-order valence-corrected chi connectivity index (χ2v) is 7.77. The van der Waals surface area contributed by atoms with Gasteiger partial charge in [-0.1, -0.05) is 60.7 Å². The lowest BCUT2D eigenvalue weighted by molar-refractivity contribution is -0.141. The lowest BCUT2D eigenvalue weighted by Gasteiger charge is -2.51. The SMILES string of the molecule is C[C@H](NC(=O)[C@]1(Cc2ccccc2)CCN1C(=O)N[C@@H](C)c1ccccc1)C(N)=O. The number of nitrogens with one attached hydrogen (secondary N) is 2. The number of nitrogens with two attached hydrogens (primary N) is 1. The number of urea groups is 1. The average molecular weight is 409 g/mol. The normalized spacial score (nSPS) is 19.9. The van der Waals surface area contributed by atoms with Crippen LogP contribution in [0.2, 0.25) is 0 Å². The molecule has 30 heavy (non-hydrogen) atoms. The van der Waals surface area contributed by atoms with Gasteiger partial charge in [-0.3, -0.25) is 9.59 Å². The van der Waals surface area contributed by atoms with E-state index < -0.39 is 17.5 Å². The van der Waals surface area contributed by atoms with Crippen LogP contribution in [0.4, 0.5) is 4.79 Å². The Morgan fingerprint density at radius 3 is 2.13 bits per heavy atom. The minimum atomic E-state index is -1.06. The molecule has 0 radical (unpaired) electrons. The predicted molar refractivity (Wildman–Crippen MR) is 114 cm³/mol. The first-order chi connectivity index (χ1) is 14.3. The molecule has 1 saturated heterocycles. The van der Waals surface area contributed by atoms with E-state index in [9.17, 15) is 14.4 Å². The van der Waals surface area contributed by atoms with Crippen LogP contribution in [0.1, 0.15) is 37.4 Å². The average Bonchev–Trinajstić information content (AvgIpc) is 2.72. The summed E-state index contributed by atoms with van der Waals surface area (Å²) in [6.45, 7) is 3.90. The van der Waals surface area contributed by atoms with Crippen molar-refractivity contribution in [3.05, 3.63) is 71.8 Å². The van der Waals surface area contributed by atoms with Crippen LogP contribution in [-0.2, 0) is 16.0 Å². The number of nitrogens with zero attached hydrogens (tertiary/aromatic N) is 1. The number of likely N-dealkylation sites (tertiary alicyclic amines) is 1. The molecule has 4 N–H and O–H groups in total. The molecule has 0 aromatic heterocycles. The van der Waals surface area contributed by atoms with Gasteiger partial charge in [-0.15, -0.1) is 0 Å². The molecule has 4 amide bonds. The van der Waals surface area contributed by atoms with Gasteiger partial charge in [0.05, 0.1) is 6.04 Å². The van der Waals surface area contributed by atoms with Gasteiger partial charge >= 0.3 is 6.03 Å². The summed E-state index contributed by atoms with van der Waals surface area (Å²) in [5.74, 6) is -0.988. The monoisotopic (exact) mass is 408 g/mol. The lowest BCUT2D eigenvalue weighted by atomic mass is 9.78. The molecule has 3 atom stereocenters. The molecule has 0 aliphatic carbocycles. The molecule has 0 unspecified atom stereocenters. The molecule has 7 heteroatoms. The Labute approximate surface area is 176 Å². The van der Waals surface area contributed by atoms with Crippen LogP contribution in [0.25, 0.3) is 0 Å². The molecule has 1 fully saturated rings. The molecule has 2 aromatic rings. The highest BCUT2D eigenvalue weighted by molar-refractivity contribution is 5.95. The van der Waals surface area contributed by atoms with Crippen molar-refractivity contribution < 1.29 is 14.4 Å². The van der Waals surface area contributed by atoms with Crippen molar-refractivity contribution in [2.24, 2.45) is 5.73 Å². The quantitative estimate of drug-likeness (QED) is 0.654. The third-order valence-electron chi connectivity index (χ3n) is 5.69. The Morgan fingerprint density at radius 1 is 1.00 bits per heavy atom. The van der Waals surface area contributed by atoms with E-state index in [2.05, 4.69) is 10.6 Å². The van der Waals surface area contributed by atoms with Gasteiger partial charge in [0.25, 0.3) is 0 Å². The highest BCUT2D eigenvalue weighted by Crippen LogP contribution is 2.35. The Hall–Kier alpha value is -3.35. The van der Waals surface area contributed by atoms with E-state index in [-0.39, 0.29) is 18.0 Å². The second kappa shape index (κ2) is 8.98. The summed E-state index contributed by atoms with van der Waals surface area (Å²) in [4.78, 5) is 39.3. The van der Waals surface area contributed by atoms with Gasteiger partial charge in [-0.2, -0.15) is 0 Å². The summed E-state index contributed by atoms with van der Waals surface area (Å²) in [6, 6.07) is 17.8. The third kappa shape index (κ3) is 4.45. The zero-order chi connectivity index (χ0) is 21.7. The van der Waals surface area contributed by atoms with E-state index in [0.29, 0.717) is 19.4 Å². The fourth-order valence-corrected chi connectivity index (χ4v) is 3.71. The van der Waals surface area contributed by atoms with Crippen molar-refractivity contribution in [3.63, 3.8) is 0 Å². The van der Waals surface area contributed by atoms with Crippen molar-refractivity contribution in [2.75, 3.05) is 6.54 Å². The van der Waals surface area contributed by atoms with E-state index in [0.717, 1.165) is 11.1 Å². The van der Waals surface area contributed by atoms with Crippen molar-refractivity contribution in [1.82, 2.24) is 15.5 Å². The molecule has 1 aliphatic rings. The Kier molecular flexibility index (Phi) is 6.40. The van der Waals surface area contributed by atoms with Gasteiger partial charge in [0.1, 0.15) is 11.6 Å². The summed E-state index contributed by atoms with van der Waals surface area (Å²) >= 11 is 0. The van der Waals surface area contributed by atoms with Gasteiger partial charge in [0.15, 0.2) is 0 Å². The van der Waals surface area contributed by atoms with E-state index in [1.807, 2.05) is 67.6 Å². The summed E-state index contributed by atoms with van der Waals surface area (Å²) in [5, 5.41) is 5.66. The minimum Gasteiger partial charge on any atom is -0.368 e. The van der Waals surface area contributed by atoms with E-state index in [4.69, 9.17) is 5.73 Å². The molecule has 0 spiro atoms. The van der Waals surface area contributed by atoms with Crippen molar-refractivity contribution in [3.8, 4) is 0 Å². The number of carbonyl (C=O) groups is 3. The van der Waals surface area contributed by atoms with Crippen LogP contribution in [0.5, 0.6) is 0 Å². The molecule has 3 rings (SSSR count). The van der Waals surface area contributed by atoms with Crippen molar-refractivity contribution >= 4 is 17.8 Å². The molecule has 7 nitrogen and oxygen atoms in total. The van der Waals surface area contributed by atoms with Crippen LogP contribution < -0.4 is 16.4 Å². The maximum atomic E-state index is 13.2. The predicted octanol–water partition coefficient (Wildman–Crippen LogP) is 2.13. The van der Waals surface area contributed by atoms with Crippen molar-refractivity contribution in [2.45, 2.75) is 44.3 Å². The van der Waals surface area contributed by atoms with Crippen LogP contribution in [0.15, 0.2) is 60.7 Å². The van der Waals surface area contributed by atoms with Crippen molar-refractivity contribution in [1.29, 1.82) is 0 Å². The molecule has 1 aliphatic heterocycles. The Morgan fingerprint density at radius 2 is 1.60 bits per heavy atom. The standard InChI is InChI=1S/C23H28N4O3/c1-16(19-11-7-4-8-12-19)26-22(30)27-14-13-23(27,15-18-9-5-3-6-10-18)21(29)25-17(2)20(24)28/h3-12,16-17H,13-15H2,1-2H3,(H2,24,28)(H,25,29)(H,26,30)/t16-,17-,23+/m0/s1. The van der Waals surface area contributed by atoms with E-state index >= 15 is 0 Å². The maximum absolute atomic E-state index is 13.2. The topological polar surface area (TPSA) is 105 Å². The fraction of sp³-hybridized carbons (Fsp3) is 0.348. The number of primary amides is 1. The number of rotatable bonds is 7. The number of carbonyl (C=O) groups excluding carboxylic acids is 3. The molecule has 2 aromatic carbocycles. The highest BCUT2D eigenvalue weighted by atomic mass is 16.2. The van der Waals surface area contributed by atoms with Gasteiger partial charge in [-0.05, 0) is 31.4 Å². The molecular formula is C23H28N4O3. The summed E-state index contributed by atoms with van der Waals surface area (Å²) < 4.78 is 0. The zero-order valence-corrected chi connectivity index (χ0v) is 17.3. The smallest absolute Gasteiger partial charge is 0.318 e. The maximum Gasteiger partial charge on any atom is 0.318 e. The summed E-state index contributed by atoms with van der Waals surface area (Å²) in [6.07, 6.45) is 0.866. The molecule has 158 valence electrons. The van der Waals surface area contributed by atoms with Crippen LogP contribution in [-0.4, -0.2) is 40.9 Å². The first kappa shape index (κ1) is 21.4. The van der Waals surface area contributed by atoms with E-state index in [1.54, 1.807) is 4.90 Å². The fourth-order valence-electron chi connectivity index (χ4n) is 3.71. The number of hydrogen-bond donors (Lipinski definition) is 3. The number of amides is 4. The van der Waals surface area contributed by atoms with Gasteiger partial charge in [0, 0.05) is 13.0 Å². The Bertz CT molecular complexity index is 903. The largest absolute Gasteiger partial charge is 0.368 e. The molecule has 1 heterocycles. The zero-order valence-electron chi connectivity index (χ0n) is 17.3. The first-order valence-electron chi connectivity index (χ1n) is 10.1. The lowest BCUT2D eigenvalue weighted by Crippen LogP contribution is -2.72. The van der Waals surface area contributed by atoms with Crippen LogP contribution in [0, 0.1) is 0 Å². The highest BCUT2D eigenvalue weighted by Gasteiger charge is 2.53. The number of benzene rings is 2. The van der Waals surface area contributed by atoms with Crippen LogP contribution >= 0.6 is 0 Å². The molecule has 0 bridgehead atoms. The third-order valence-corrected chi connectivity index (χ3v) is 5.69. The van der Waals surface area contributed by atoms with E-state index in [1.165, 1.54) is 6.92 Å². The number of hydrogen-bond acceptors (Lipinski definition) is 3. The summed E-state index contributed by atoms with van der Waals surface area (Å²) in [5.41, 5.74) is 6.17. The Balaban J connectivity index is 1.81.